The van der Waals surface area contributed by atoms with E-state index in [2.05, 4.69) is 10.6 Å². The molecule has 2 aromatic rings. The van der Waals surface area contributed by atoms with E-state index in [1.54, 1.807) is 36.4 Å². The van der Waals surface area contributed by atoms with Crippen LogP contribution in [0.1, 0.15) is 50.3 Å². The van der Waals surface area contributed by atoms with Gasteiger partial charge in [-0.2, -0.15) is 0 Å². The first kappa shape index (κ1) is 23.7. The highest BCUT2D eigenvalue weighted by Crippen LogP contribution is 2.35. The fourth-order valence-electron chi connectivity index (χ4n) is 4.01. The van der Waals surface area contributed by atoms with Crippen molar-refractivity contribution in [1.29, 1.82) is 0 Å². The van der Waals surface area contributed by atoms with Crippen molar-refractivity contribution in [1.82, 2.24) is 10.2 Å². The standard InChI is InChI=1S/C26H30FN3O4/c1-16(2)13-22(31)29-21-11-7-19(8-12-21)24-23(25(32)28-14-17-3-4-17)30(26(33)34-24)15-18-5-9-20(27)10-6-18/h5-12,16-17,23-24H,3-4,13-15H2,1-2H3,(H,28,32)(H,29,31). The molecular formula is C26H30FN3O4. The van der Waals surface area contributed by atoms with Crippen LogP contribution in [0.25, 0.3) is 0 Å². The summed E-state index contributed by atoms with van der Waals surface area (Å²) in [7, 11) is 0. The van der Waals surface area contributed by atoms with Gasteiger partial charge in [-0.15, -0.1) is 0 Å². The average molecular weight is 468 g/mol. The zero-order chi connectivity index (χ0) is 24.2. The van der Waals surface area contributed by atoms with Crippen LogP contribution in [0.2, 0.25) is 0 Å². The molecule has 0 aromatic heterocycles. The Morgan fingerprint density at radius 2 is 1.76 bits per heavy atom. The lowest BCUT2D eigenvalue weighted by Gasteiger charge is -2.24. The van der Waals surface area contributed by atoms with Crippen LogP contribution in [0, 0.1) is 17.7 Å². The molecule has 34 heavy (non-hydrogen) atoms. The number of amides is 3. The molecule has 4 rings (SSSR count). The van der Waals surface area contributed by atoms with Crippen molar-refractivity contribution in [3.63, 3.8) is 0 Å². The lowest BCUT2D eigenvalue weighted by Crippen LogP contribution is -2.46. The van der Waals surface area contributed by atoms with Crippen molar-refractivity contribution in [3.05, 3.63) is 65.5 Å². The van der Waals surface area contributed by atoms with E-state index in [4.69, 9.17) is 4.74 Å². The molecule has 7 nitrogen and oxygen atoms in total. The molecule has 1 saturated heterocycles. The summed E-state index contributed by atoms with van der Waals surface area (Å²) in [5.41, 5.74) is 1.99. The van der Waals surface area contributed by atoms with Crippen molar-refractivity contribution in [3.8, 4) is 0 Å². The van der Waals surface area contributed by atoms with E-state index in [0.29, 0.717) is 35.7 Å². The van der Waals surface area contributed by atoms with Crippen LogP contribution in [-0.4, -0.2) is 35.4 Å². The Morgan fingerprint density at radius 1 is 1.09 bits per heavy atom. The number of carbonyl (C=O) groups excluding carboxylic acids is 3. The van der Waals surface area contributed by atoms with Crippen LogP contribution in [-0.2, 0) is 20.9 Å². The van der Waals surface area contributed by atoms with Gasteiger partial charge < -0.3 is 15.4 Å². The lowest BCUT2D eigenvalue weighted by molar-refractivity contribution is -0.126. The van der Waals surface area contributed by atoms with Crippen LogP contribution in [0.3, 0.4) is 0 Å². The molecule has 2 aromatic carbocycles. The molecule has 1 aliphatic heterocycles. The Hall–Kier alpha value is -3.42. The van der Waals surface area contributed by atoms with Crippen molar-refractivity contribution in [2.75, 3.05) is 11.9 Å². The van der Waals surface area contributed by atoms with Crippen molar-refractivity contribution in [2.45, 2.75) is 51.8 Å². The number of rotatable bonds is 9. The van der Waals surface area contributed by atoms with E-state index in [1.165, 1.54) is 17.0 Å². The molecule has 1 heterocycles. The van der Waals surface area contributed by atoms with Crippen molar-refractivity contribution >= 4 is 23.6 Å². The number of hydrogen-bond acceptors (Lipinski definition) is 4. The Morgan fingerprint density at radius 3 is 2.38 bits per heavy atom. The molecule has 3 amide bonds. The largest absolute Gasteiger partial charge is 0.438 e. The maximum absolute atomic E-state index is 13.3. The third kappa shape index (κ3) is 5.92. The van der Waals surface area contributed by atoms with Gasteiger partial charge in [0.15, 0.2) is 12.1 Å². The SMILES string of the molecule is CC(C)CC(=O)Nc1ccc(C2OC(=O)N(Cc3ccc(F)cc3)C2C(=O)NCC2CC2)cc1. The summed E-state index contributed by atoms with van der Waals surface area (Å²) >= 11 is 0. The molecule has 1 saturated carbocycles. The minimum atomic E-state index is -0.863. The van der Waals surface area contributed by atoms with Crippen LogP contribution in [0.5, 0.6) is 0 Å². The van der Waals surface area contributed by atoms with Gasteiger partial charge in [0.1, 0.15) is 5.82 Å². The zero-order valence-corrected chi connectivity index (χ0v) is 19.4. The van der Waals surface area contributed by atoms with Crippen LogP contribution >= 0.6 is 0 Å². The molecule has 8 heteroatoms. The highest BCUT2D eigenvalue weighted by molar-refractivity contribution is 5.91. The Balaban J connectivity index is 1.53. The number of nitrogens with zero attached hydrogens (tertiary/aromatic N) is 1. The summed E-state index contributed by atoms with van der Waals surface area (Å²) in [5, 5.41) is 5.81. The summed E-state index contributed by atoms with van der Waals surface area (Å²) < 4.78 is 19.0. The fourth-order valence-corrected chi connectivity index (χ4v) is 4.01. The zero-order valence-electron chi connectivity index (χ0n) is 19.4. The molecule has 1 aliphatic carbocycles. The second-order valence-electron chi connectivity index (χ2n) is 9.46. The minimum Gasteiger partial charge on any atom is -0.438 e. The van der Waals surface area contributed by atoms with E-state index in [-0.39, 0.29) is 30.1 Å². The molecule has 0 radical (unpaired) electrons. The van der Waals surface area contributed by atoms with E-state index in [0.717, 1.165) is 12.8 Å². The maximum atomic E-state index is 13.3. The second kappa shape index (κ2) is 10.2. The number of anilines is 1. The molecule has 180 valence electrons. The van der Waals surface area contributed by atoms with Gasteiger partial charge in [0.05, 0.1) is 6.54 Å². The monoisotopic (exact) mass is 467 g/mol. The maximum Gasteiger partial charge on any atom is 0.411 e. The Labute approximate surface area is 198 Å². The number of halogens is 1. The normalized spacial score (nSPS) is 19.8. The third-order valence-electron chi connectivity index (χ3n) is 6.00. The second-order valence-corrected chi connectivity index (χ2v) is 9.46. The molecular weight excluding hydrogens is 437 g/mol. The molecule has 2 atom stereocenters. The number of ether oxygens (including phenoxy) is 1. The van der Waals surface area contributed by atoms with E-state index < -0.39 is 18.2 Å². The number of benzene rings is 2. The molecule has 0 spiro atoms. The Kier molecular flexibility index (Phi) is 7.14. The number of carbonyl (C=O) groups is 3. The lowest BCUT2D eigenvalue weighted by atomic mass is 10.00. The third-order valence-corrected chi connectivity index (χ3v) is 6.00. The van der Waals surface area contributed by atoms with Gasteiger partial charge in [-0.25, -0.2) is 9.18 Å². The summed E-state index contributed by atoms with van der Waals surface area (Å²) in [6, 6.07) is 11.9. The highest BCUT2D eigenvalue weighted by Gasteiger charge is 2.47. The van der Waals surface area contributed by atoms with Gasteiger partial charge in [-0.3, -0.25) is 14.5 Å². The van der Waals surface area contributed by atoms with Crippen molar-refractivity contribution in [2.24, 2.45) is 11.8 Å². The van der Waals surface area contributed by atoms with Gasteiger partial charge >= 0.3 is 6.09 Å². The molecule has 0 bridgehead atoms. The quantitative estimate of drug-likeness (QED) is 0.572. The molecule has 2 aliphatic rings. The van der Waals surface area contributed by atoms with E-state index >= 15 is 0 Å². The number of cyclic esters (lactones) is 1. The topological polar surface area (TPSA) is 87.7 Å². The van der Waals surface area contributed by atoms with Crippen LogP contribution < -0.4 is 10.6 Å². The predicted octanol–water partition coefficient (Wildman–Crippen LogP) is 4.40. The van der Waals surface area contributed by atoms with Crippen LogP contribution in [0.15, 0.2) is 48.5 Å². The predicted molar refractivity (Wildman–Crippen MR) is 125 cm³/mol. The minimum absolute atomic E-state index is 0.0714. The first-order valence-corrected chi connectivity index (χ1v) is 11.7. The fraction of sp³-hybridized carbons (Fsp3) is 0.423. The van der Waals surface area contributed by atoms with Gasteiger partial charge in [0.2, 0.25) is 11.8 Å². The molecule has 2 unspecified atom stereocenters. The smallest absolute Gasteiger partial charge is 0.411 e. The van der Waals surface area contributed by atoms with Crippen LogP contribution in [0.4, 0.5) is 14.9 Å². The first-order valence-electron chi connectivity index (χ1n) is 11.7. The van der Waals surface area contributed by atoms with Gasteiger partial charge in [0, 0.05) is 18.7 Å². The van der Waals surface area contributed by atoms with E-state index in [1.807, 2.05) is 13.8 Å². The van der Waals surface area contributed by atoms with Gasteiger partial charge in [-0.1, -0.05) is 38.1 Å². The van der Waals surface area contributed by atoms with Crippen molar-refractivity contribution < 1.29 is 23.5 Å². The number of nitrogens with one attached hydrogen (secondary N) is 2. The number of hydrogen-bond donors (Lipinski definition) is 2. The summed E-state index contributed by atoms with van der Waals surface area (Å²) in [6.07, 6.45) is 1.20. The first-order chi connectivity index (χ1) is 16.3. The Bertz CT molecular complexity index is 1040. The highest BCUT2D eigenvalue weighted by atomic mass is 19.1. The summed E-state index contributed by atoms with van der Waals surface area (Å²) in [4.78, 5) is 39.4. The van der Waals surface area contributed by atoms with E-state index in [9.17, 15) is 18.8 Å². The summed E-state index contributed by atoms with van der Waals surface area (Å²) in [6.45, 7) is 4.65. The molecule has 2 fully saturated rings. The van der Waals surface area contributed by atoms with Gasteiger partial charge in [0.25, 0.3) is 0 Å². The average Bonchev–Trinajstić information content (AvgIpc) is 3.57. The summed E-state index contributed by atoms with van der Waals surface area (Å²) in [5.74, 6) is 0.0147. The molecule has 2 N–H and O–H groups in total. The van der Waals surface area contributed by atoms with Gasteiger partial charge in [-0.05, 0) is 60.1 Å².